The lowest BCUT2D eigenvalue weighted by atomic mass is 10.0. The Balaban J connectivity index is 2.08. The number of rotatable bonds is 3. The van der Waals surface area contributed by atoms with Crippen molar-refractivity contribution in [3.05, 3.63) is 27.4 Å². The summed E-state index contributed by atoms with van der Waals surface area (Å²) in [6.07, 6.45) is 3.71. The fraction of sp³-hybridized carbons (Fsp3) is 0.500. The van der Waals surface area contributed by atoms with E-state index in [2.05, 4.69) is 21.2 Å². The molecule has 0 radical (unpaired) electrons. The summed E-state index contributed by atoms with van der Waals surface area (Å²) in [6, 6.07) is 2.61. The largest absolute Gasteiger partial charge is 0.388 e. The van der Waals surface area contributed by atoms with Gasteiger partial charge < -0.3 is 10.4 Å². The van der Waals surface area contributed by atoms with Gasteiger partial charge in [-0.25, -0.2) is 4.39 Å². The quantitative estimate of drug-likeness (QED) is 0.883. The van der Waals surface area contributed by atoms with Crippen molar-refractivity contribution in [3.8, 4) is 0 Å². The molecule has 1 aromatic carbocycles. The molecule has 5 heteroatoms. The van der Waals surface area contributed by atoms with Crippen molar-refractivity contribution in [2.45, 2.75) is 31.3 Å². The van der Waals surface area contributed by atoms with E-state index in [1.807, 2.05) is 0 Å². The van der Waals surface area contributed by atoms with Gasteiger partial charge in [-0.1, -0.05) is 24.4 Å². The predicted octanol–water partition coefficient (Wildman–Crippen LogP) is 3.96. The molecule has 0 amide bonds. The van der Waals surface area contributed by atoms with Gasteiger partial charge in [0.25, 0.3) is 0 Å². The molecule has 1 saturated carbocycles. The lowest BCUT2D eigenvalue weighted by Crippen LogP contribution is -2.33. The molecule has 2 N–H and O–H groups in total. The van der Waals surface area contributed by atoms with Crippen molar-refractivity contribution < 1.29 is 9.50 Å². The summed E-state index contributed by atoms with van der Waals surface area (Å²) >= 11 is 9.21. The molecule has 1 aliphatic rings. The SMILES string of the molecule is OC1(CNc2c(Cl)cc(F)cc2Br)CCCC1. The topological polar surface area (TPSA) is 32.3 Å². The fourth-order valence-electron chi connectivity index (χ4n) is 2.17. The third kappa shape index (κ3) is 3.12. The molecule has 2 nitrogen and oxygen atoms in total. The van der Waals surface area contributed by atoms with Gasteiger partial charge in [0.05, 0.1) is 16.3 Å². The zero-order valence-corrected chi connectivity index (χ0v) is 11.6. The minimum atomic E-state index is -0.656. The van der Waals surface area contributed by atoms with E-state index < -0.39 is 5.60 Å². The summed E-state index contributed by atoms with van der Waals surface area (Å²) in [7, 11) is 0. The molecule has 1 fully saturated rings. The molecule has 0 spiro atoms. The van der Waals surface area contributed by atoms with E-state index in [1.165, 1.54) is 12.1 Å². The van der Waals surface area contributed by atoms with Crippen LogP contribution in [0.5, 0.6) is 0 Å². The first kappa shape index (κ1) is 13.1. The Bertz CT molecular complexity index is 398. The Hall–Kier alpha value is -0.320. The smallest absolute Gasteiger partial charge is 0.125 e. The number of hydrogen-bond donors (Lipinski definition) is 2. The van der Waals surface area contributed by atoms with Crippen LogP contribution < -0.4 is 5.32 Å². The molecule has 1 aliphatic carbocycles. The monoisotopic (exact) mass is 321 g/mol. The van der Waals surface area contributed by atoms with Crippen LogP contribution in [0.2, 0.25) is 5.02 Å². The first-order valence-corrected chi connectivity index (χ1v) is 6.78. The zero-order valence-electron chi connectivity index (χ0n) is 9.27. The molecule has 0 atom stereocenters. The lowest BCUT2D eigenvalue weighted by molar-refractivity contribution is 0.0614. The average molecular weight is 323 g/mol. The highest BCUT2D eigenvalue weighted by atomic mass is 79.9. The van der Waals surface area contributed by atoms with Gasteiger partial charge in [0.2, 0.25) is 0 Å². The van der Waals surface area contributed by atoms with Crippen molar-refractivity contribution in [2.75, 3.05) is 11.9 Å². The Morgan fingerprint density at radius 2 is 2.06 bits per heavy atom. The van der Waals surface area contributed by atoms with Gasteiger partial charge in [0.1, 0.15) is 5.82 Å². The summed E-state index contributed by atoms with van der Waals surface area (Å²) in [5.41, 5.74) is -0.0228. The first-order chi connectivity index (χ1) is 8.00. The van der Waals surface area contributed by atoms with Crippen LogP contribution in [-0.4, -0.2) is 17.3 Å². The second kappa shape index (κ2) is 5.12. The van der Waals surface area contributed by atoms with Gasteiger partial charge in [-0.3, -0.25) is 0 Å². The molecule has 0 saturated heterocycles. The van der Waals surface area contributed by atoms with E-state index in [0.717, 1.165) is 25.7 Å². The lowest BCUT2D eigenvalue weighted by Gasteiger charge is -2.23. The van der Waals surface area contributed by atoms with Crippen LogP contribution in [0.4, 0.5) is 10.1 Å². The predicted molar refractivity (Wildman–Crippen MR) is 71.0 cm³/mol. The molecule has 1 aromatic rings. The van der Waals surface area contributed by atoms with Gasteiger partial charge >= 0.3 is 0 Å². The Kier molecular flexibility index (Phi) is 3.95. The molecule has 2 rings (SSSR count). The van der Waals surface area contributed by atoms with E-state index >= 15 is 0 Å². The maximum atomic E-state index is 13.0. The van der Waals surface area contributed by atoms with Crippen molar-refractivity contribution in [1.29, 1.82) is 0 Å². The minimum Gasteiger partial charge on any atom is -0.388 e. The second-order valence-electron chi connectivity index (χ2n) is 4.53. The molecular weight excluding hydrogens is 308 g/mol. The van der Waals surface area contributed by atoms with E-state index in [9.17, 15) is 9.50 Å². The summed E-state index contributed by atoms with van der Waals surface area (Å²) in [6.45, 7) is 0.441. The Morgan fingerprint density at radius 3 is 2.65 bits per heavy atom. The van der Waals surface area contributed by atoms with Crippen molar-refractivity contribution >= 4 is 33.2 Å². The minimum absolute atomic E-state index is 0.318. The highest BCUT2D eigenvalue weighted by Gasteiger charge is 2.31. The van der Waals surface area contributed by atoms with Crippen LogP contribution in [0.15, 0.2) is 16.6 Å². The third-order valence-electron chi connectivity index (χ3n) is 3.14. The standard InChI is InChI=1S/C12H14BrClFNO/c13-9-5-8(15)6-10(14)11(9)16-7-12(17)3-1-2-4-12/h5-6,16-17H,1-4,7H2. The van der Waals surface area contributed by atoms with Crippen molar-refractivity contribution in [3.63, 3.8) is 0 Å². The number of hydrogen-bond acceptors (Lipinski definition) is 2. The van der Waals surface area contributed by atoms with Gasteiger partial charge in [-0.15, -0.1) is 0 Å². The number of halogens is 3. The maximum Gasteiger partial charge on any atom is 0.125 e. The number of benzene rings is 1. The Labute approximate surface area is 113 Å². The molecule has 0 aromatic heterocycles. The summed E-state index contributed by atoms with van der Waals surface area (Å²) in [5.74, 6) is -0.382. The van der Waals surface area contributed by atoms with E-state index in [0.29, 0.717) is 21.7 Å². The number of anilines is 1. The van der Waals surface area contributed by atoms with Crippen LogP contribution >= 0.6 is 27.5 Å². The van der Waals surface area contributed by atoms with E-state index in [1.54, 1.807) is 0 Å². The summed E-state index contributed by atoms with van der Waals surface area (Å²) < 4.78 is 13.6. The highest BCUT2D eigenvalue weighted by Crippen LogP contribution is 2.34. The third-order valence-corrected chi connectivity index (χ3v) is 4.06. The molecule has 0 aliphatic heterocycles. The van der Waals surface area contributed by atoms with Crippen LogP contribution in [-0.2, 0) is 0 Å². The highest BCUT2D eigenvalue weighted by molar-refractivity contribution is 9.10. The van der Waals surface area contributed by atoms with Gasteiger partial charge in [-0.2, -0.15) is 0 Å². The molecule has 0 heterocycles. The molecule has 0 bridgehead atoms. The van der Waals surface area contributed by atoms with E-state index in [-0.39, 0.29) is 5.82 Å². The van der Waals surface area contributed by atoms with Crippen LogP contribution in [0.3, 0.4) is 0 Å². The molecular formula is C12H14BrClFNO. The molecule has 0 unspecified atom stereocenters. The van der Waals surface area contributed by atoms with Gasteiger partial charge in [0, 0.05) is 11.0 Å². The molecule has 17 heavy (non-hydrogen) atoms. The number of nitrogens with one attached hydrogen (secondary N) is 1. The first-order valence-electron chi connectivity index (χ1n) is 5.61. The Morgan fingerprint density at radius 1 is 1.41 bits per heavy atom. The normalized spacial score (nSPS) is 18.4. The maximum absolute atomic E-state index is 13.0. The molecule has 94 valence electrons. The van der Waals surface area contributed by atoms with Gasteiger partial charge in [-0.05, 0) is 40.9 Å². The van der Waals surface area contributed by atoms with Crippen molar-refractivity contribution in [2.24, 2.45) is 0 Å². The average Bonchev–Trinajstić information content (AvgIpc) is 2.64. The van der Waals surface area contributed by atoms with E-state index in [4.69, 9.17) is 11.6 Å². The van der Waals surface area contributed by atoms with Crippen molar-refractivity contribution in [1.82, 2.24) is 0 Å². The summed E-state index contributed by atoms with van der Waals surface area (Å²) in [4.78, 5) is 0. The fourth-order valence-corrected chi connectivity index (χ4v) is 3.13. The second-order valence-corrected chi connectivity index (χ2v) is 5.79. The van der Waals surface area contributed by atoms with Gasteiger partial charge in [0.15, 0.2) is 0 Å². The zero-order chi connectivity index (χ0) is 12.5. The van der Waals surface area contributed by atoms with Crippen LogP contribution in [0, 0.1) is 5.82 Å². The van der Waals surface area contributed by atoms with Crippen LogP contribution in [0.25, 0.3) is 0 Å². The number of aliphatic hydroxyl groups is 1. The van der Waals surface area contributed by atoms with Crippen LogP contribution in [0.1, 0.15) is 25.7 Å². The summed E-state index contributed by atoms with van der Waals surface area (Å²) in [5, 5.41) is 13.6.